The number of nitrogens with one attached hydrogen (secondary N) is 1. The van der Waals surface area contributed by atoms with Crippen molar-refractivity contribution >= 4 is 10.0 Å². The Hall–Kier alpha value is -1.76. The van der Waals surface area contributed by atoms with Crippen LogP contribution in [0.3, 0.4) is 0 Å². The molecule has 0 aliphatic rings. The number of sulfonamides is 1. The van der Waals surface area contributed by atoms with Crippen molar-refractivity contribution in [1.82, 2.24) is 9.71 Å². The smallest absolute Gasteiger partial charge is 0.240 e. The van der Waals surface area contributed by atoms with Gasteiger partial charge in [0.25, 0.3) is 0 Å². The maximum atomic E-state index is 12.2. The fraction of sp³-hybridized carbons (Fsp3) is 0.353. The van der Waals surface area contributed by atoms with Gasteiger partial charge < -0.3 is 4.74 Å². The van der Waals surface area contributed by atoms with Crippen LogP contribution in [0.25, 0.3) is 11.1 Å². The minimum atomic E-state index is -3.48. The first kappa shape index (κ1) is 17.6. The zero-order valence-corrected chi connectivity index (χ0v) is 14.2. The molecule has 1 heterocycles. The second-order valence-electron chi connectivity index (χ2n) is 5.43. The molecular formula is C17H22N2O3S. The normalized spacial score (nSPS) is 11.8. The highest BCUT2D eigenvalue weighted by molar-refractivity contribution is 7.89. The molecule has 2 aromatic rings. The van der Waals surface area contributed by atoms with Crippen LogP contribution in [0.4, 0.5) is 0 Å². The molecule has 124 valence electrons. The lowest BCUT2D eigenvalue weighted by atomic mass is 10.1. The van der Waals surface area contributed by atoms with Gasteiger partial charge in [-0.2, -0.15) is 0 Å². The molecule has 0 aliphatic carbocycles. The number of benzene rings is 1. The second kappa shape index (κ2) is 8.19. The molecule has 5 nitrogen and oxygen atoms in total. The van der Waals surface area contributed by atoms with E-state index in [1.54, 1.807) is 36.7 Å². The van der Waals surface area contributed by atoms with Crippen LogP contribution in [-0.2, 0) is 14.8 Å². The first-order chi connectivity index (χ1) is 11.0. The highest BCUT2D eigenvalue weighted by Gasteiger charge is 2.13. The zero-order chi connectivity index (χ0) is 16.7. The van der Waals surface area contributed by atoms with Crippen LogP contribution in [0.1, 0.15) is 20.3 Å². The predicted molar refractivity (Wildman–Crippen MR) is 90.6 cm³/mol. The van der Waals surface area contributed by atoms with Gasteiger partial charge in [-0.05, 0) is 55.7 Å². The minimum Gasteiger partial charge on any atom is -0.379 e. The Morgan fingerprint density at radius 2 is 1.65 bits per heavy atom. The Bertz CT molecular complexity index is 698. The molecule has 0 atom stereocenters. The SMILES string of the molecule is CC(C)OCCCNS(=O)(=O)c1ccc(-c2ccncc2)cc1. The number of hydrogen-bond donors (Lipinski definition) is 1. The Kier molecular flexibility index (Phi) is 6.27. The van der Waals surface area contributed by atoms with Gasteiger partial charge in [-0.3, -0.25) is 4.98 Å². The first-order valence-electron chi connectivity index (χ1n) is 7.61. The van der Waals surface area contributed by atoms with Crippen LogP contribution in [0, 0.1) is 0 Å². The van der Waals surface area contributed by atoms with Gasteiger partial charge in [0.05, 0.1) is 11.0 Å². The average Bonchev–Trinajstić information content (AvgIpc) is 2.55. The molecule has 6 heteroatoms. The van der Waals surface area contributed by atoms with Crippen LogP contribution < -0.4 is 4.72 Å². The third kappa shape index (κ3) is 5.42. The quantitative estimate of drug-likeness (QED) is 0.754. The summed E-state index contributed by atoms with van der Waals surface area (Å²) < 4.78 is 32.4. The molecule has 0 amide bonds. The van der Waals surface area contributed by atoms with Crippen molar-refractivity contribution in [3.05, 3.63) is 48.8 Å². The van der Waals surface area contributed by atoms with E-state index in [2.05, 4.69) is 9.71 Å². The lowest BCUT2D eigenvalue weighted by Gasteiger charge is -2.09. The van der Waals surface area contributed by atoms with E-state index in [-0.39, 0.29) is 11.0 Å². The van der Waals surface area contributed by atoms with Gasteiger partial charge >= 0.3 is 0 Å². The molecule has 1 aromatic heterocycles. The summed E-state index contributed by atoms with van der Waals surface area (Å²) in [5.41, 5.74) is 1.96. The zero-order valence-electron chi connectivity index (χ0n) is 13.4. The van der Waals surface area contributed by atoms with Crippen molar-refractivity contribution in [2.24, 2.45) is 0 Å². The average molecular weight is 334 g/mol. The maximum Gasteiger partial charge on any atom is 0.240 e. The molecule has 0 unspecified atom stereocenters. The summed E-state index contributed by atoms with van der Waals surface area (Å²) >= 11 is 0. The number of ether oxygens (including phenoxy) is 1. The summed E-state index contributed by atoms with van der Waals surface area (Å²) in [4.78, 5) is 4.24. The van der Waals surface area contributed by atoms with E-state index in [1.165, 1.54) is 0 Å². The van der Waals surface area contributed by atoms with Gasteiger partial charge in [-0.25, -0.2) is 13.1 Å². The number of pyridine rings is 1. The van der Waals surface area contributed by atoms with E-state index in [0.717, 1.165) is 11.1 Å². The van der Waals surface area contributed by atoms with Crippen molar-refractivity contribution < 1.29 is 13.2 Å². The largest absolute Gasteiger partial charge is 0.379 e. The van der Waals surface area contributed by atoms with Gasteiger partial charge in [0.2, 0.25) is 10.0 Å². The molecule has 0 spiro atoms. The molecule has 2 rings (SSSR count). The van der Waals surface area contributed by atoms with Crippen LogP contribution in [0.5, 0.6) is 0 Å². The van der Waals surface area contributed by atoms with Crippen molar-refractivity contribution in [1.29, 1.82) is 0 Å². The van der Waals surface area contributed by atoms with Gasteiger partial charge in [0.15, 0.2) is 0 Å². The van der Waals surface area contributed by atoms with Crippen molar-refractivity contribution in [3.8, 4) is 11.1 Å². The Balaban J connectivity index is 1.95. The Morgan fingerprint density at radius 1 is 1.04 bits per heavy atom. The molecule has 0 radical (unpaired) electrons. The second-order valence-corrected chi connectivity index (χ2v) is 7.20. The van der Waals surface area contributed by atoms with Gasteiger partial charge in [-0.1, -0.05) is 12.1 Å². The number of nitrogens with zero attached hydrogens (tertiary/aromatic N) is 1. The fourth-order valence-electron chi connectivity index (χ4n) is 2.05. The summed E-state index contributed by atoms with van der Waals surface area (Å²) in [7, 11) is -3.48. The monoisotopic (exact) mass is 334 g/mol. The number of rotatable bonds is 8. The Morgan fingerprint density at radius 3 is 2.26 bits per heavy atom. The topological polar surface area (TPSA) is 68.3 Å². The summed E-state index contributed by atoms with van der Waals surface area (Å²) in [6.45, 7) is 4.81. The lowest BCUT2D eigenvalue weighted by Crippen LogP contribution is -2.25. The standard InChI is InChI=1S/C17H22N2O3S/c1-14(2)22-13-3-10-19-23(20,21)17-6-4-15(5-7-17)16-8-11-18-12-9-16/h4-9,11-12,14,19H,3,10,13H2,1-2H3. The summed E-state index contributed by atoms with van der Waals surface area (Å²) in [6.07, 6.45) is 4.22. The molecule has 1 aromatic carbocycles. The van der Waals surface area contributed by atoms with E-state index in [9.17, 15) is 8.42 Å². The number of aromatic nitrogens is 1. The molecule has 0 fully saturated rings. The Labute approximate surface area is 137 Å². The van der Waals surface area contributed by atoms with Crippen molar-refractivity contribution in [2.45, 2.75) is 31.3 Å². The van der Waals surface area contributed by atoms with E-state index >= 15 is 0 Å². The molecule has 0 aliphatic heterocycles. The first-order valence-corrected chi connectivity index (χ1v) is 9.09. The maximum absolute atomic E-state index is 12.2. The molecule has 0 saturated carbocycles. The van der Waals surface area contributed by atoms with Crippen LogP contribution in [0.15, 0.2) is 53.7 Å². The fourth-order valence-corrected chi connectivity index (χ4v) is 3.13. The third-order valence-corrected chi connectivity index (χ3v) is 4.72. The summed E-state index contributed by atoms with van der Waals surface area (Å²) in [5, 5.41) is 0. The van der Waals surface area contributed by atoms with Gasteiger partial charge in [0, 0.05) is 25.5 Å². The van der Waals surface area contributed by atoms with Crippen LogP contribution in [-0.4, -0.2) is 32.7 Å². The molecule has 1 N–H and O–H groups in total. The third-order valence-electron chi connectivity index (χ3n) is 3.24. The van der Waals surface area contributed by atoms with Gasteiger partial charge in [0.1, 0.15) is 0 Å². The van der Waals surface area contributed by atoms with Gasteiger partial charge in [-0.15, -0.1) is 0 Å². The van der Waals surface area contributed by atoms with E-state index < -0.39 is 10.0 Å². The highest BCUT2D eigenvalue weighted by atomic mass is 32.2. The van der Waals surface area contributed by atoms with Crippen molar-refractivity contribution in [2.75, 3.05) is 13.2 Å². The highest BCUT2D eigenvalue weighted by Crippen LogP contribution is 2.20. The van der Waals surface area contributed by atoms with Crippen LogP contribution in [0.2, 0.25) is 0 Å². The lowest BCUT2D eigenvalue weighted by molar-refractivity contribution is 0.0778. The summed E-state index contributed by atoms with van der Waals surface area (Å²) in [6, 6.07) is 10.6. The predicted octanol–water partition coefficient (Wildman–Crippen LogP) is 2.84. The van der Waals surface area contributed by atoms with E-state index in [1.807, 2.05) is 26.0 Å². The minimum absolute atomic E-state index is 0.160. The van der Waals surface area contributed by atoms with Crippen LogP contribution >= 0.6 is 0 Å². The van der Waals surface area contributed by atoms with E-state index in [4.69, 9.17) is 4.74 Å². The van der Waals surface area contributed by atoms with E-state index in [0.29, 0.717) is 19.6 Å². The molecular weight excluding hydrogens is 312 g/mol. The molecule has 23 heavy (non-hydrogen) atoms. The molecule has 0 saturated heterocycles. The summed E-state index contributed by atoms with van der Waals surface area (Å²) in [5.74, 6) is 0. The molecule has 0 bridgehead atoms. The number of hydrogen-bond acceptors (Lipinski definition) is 4. The van der Waals surface area contributed by atoms with Crippen molar-refractivity contribution in [3.63, 3.8) is 0 Å².